The lowest BCUT2D eigenvalue weighted by Crippen LogP contribution is -2.45. The van der Waals surface area contributed by atoms with Gasteiger partial charge in [0.2, 0.25) is 0 Å². The maximum Gasteiger partial charge on any atom is 0.273 e. The fourth-order valence-electron chi connectivity index (χ4n) is 3.10. The molecule has 2 aromatic carbocycles. The molecule has 5 heteroatoms. The number of para-hydroxylation sites is 1. The molecule has 1 fully saturated rings. The maximum absolute atomic E-state index is 11.1. The lowest BCUT2D eigenvalue weighted by molar-refractivity contribution is -0.385. The van der Waals surface area contributed by atoms with Crippen molar-refractivity contribution in [3.63, 3.8) is 0 Å². The van der Waals surface area contributed by atoms with Gasteiger partial charge in [0, 0.05) is 50.9 Å². The lowest BCUT2D eigenvalue weighted by Gasteiger charge is -2.34. The van der Waals surface area contributed by atoms with E-state index in [0.29, 0.717) is 6.54 Å². The van der Waals surface area contributed by atoms with Gasteiger partial charge in [0.05, 0.1) is 4.92 Å². The molecule has 1 heterocycles. The van der Waals surface area contributed by atoms with E-state index in [0.717, 1.165) is 38.3 Å². The average Bonchev–Trinajstić information content (AvgIpc) is 2.64. The van der Waals surface area contributed by atoms with Crippen LogP contribution in [0.2, 0.25) is 0 Å². The molecule has 0 aliphatic carbocycles. The molecular formula is C20H23N3O2. The topological polar surface area (TPSA) is 49.6 Å². The van der Waals surface area contributed by atoms with E-state index in [2.05, 4.69) is 34.1 Å². The van der Waals surface area contributed by atoms with Gasteiger partial charge in [0.15, 0.2) is 0 Å². The van der Waals surface area contributed by atoms with Gasteiger partial charge in [-0.05, 0) is 5.56 Å². The van der Waals surface area contributed by atoms with Gasteiger partial charge in [-0.25, -0.2) is 0 Å². The number of piperazine rings is 1. The zero-order valence-electron chi connectivity index (χ0n) is 14.3. The highest BCUT2D eigenvalue weighted by molar-refractivity contribution is 5.48. The molecule has 5 nitrogen and oxygen atoms in total. The van der Waals surface area contributed by atoms with Crippen LogP contribution in [0.4, 0.5) is 5.69 Å². The number of rotatable bonds is 6. The number of nitrogens with zero attached hydrogens (tertiary/aromatic N) is 3. The third-order valence-electron chi connectivity index (χ3n) is 4.52. The predicted molar refractivity (Wildman–Crippen MR) is 100 cm³/mol. The van der Waals surface area contributed by atoms with Crippen LogP contribution in [0, 0.1) is 10.1 Å². The van der Waals surface area contributed by atoms with Crippen LogP contribution >= 0.6 is 0 Å². The van der Waals surface area contributed by atoms with E-state index in [1.807, 2.05) is 30.3 Å². The summed E-state index contributed by atoms with van der Waals surface area (Å²) in [7, 11) is 0. The normalized spacial score (nSPS) is 16.3. The van der Waals surface area contributed by atoms with Crippen molar-refractivity contribution in [1.82, 2.24) is 9.80 Å². The maximum atomic E-state index is 11.1. The molecular weight excluding hydrogens is 314 g/mol. The smallest absolute Gasteiger partial charge is 0.273 e. The summed E-state index contributed by atoms with van der Waals surface area (Å²) in [6, 6.07) is 17.3. The van der Waals surface area contributed by atoms with E-state index in [1.54, 1.807) is 12.1 Å². The Morgan fingerprint density at radius 1 is 0.920 bits per heavy atom. The van der Waals surface area contributed by atoms with Crippen LogP contribution in [0.25, 0.3) is 6.08 Å². The summed E-state index contributed by atoms with van der Waals surface area (Å²) >= 11 is 0. The summed E-state index contributed by atoms with van der Waals surface area (Å²) in [5, 5.41) is 11.1. The van der Waals surface area contributed by atoms with Crippen LogP contribution in [-0.2, 0) is 6.54 Å². The zero-order valence-corrected chi connectivity index (χ0v) is 14.3. The van der Waals surface area contributed by atoms with Crippen molar-refractivity contribution in [2.75, 3.05) is 32.7 Å². The minimum atomic E-state index is -0.292. The van der Waals surface area contributed by atoms with Gasteiger partial charge >= 0.3 is 0 Å². The molecule has 1 saturated heterocycles. The molecule has 2 aromatic rings. The second-order valence-electron chi connectivity index (χ2n) is 6.28. The van der Waals surface area contributed by atoms with Gasteiger partial charge in [0.25, 0.3) is 5.69 Å². The first-order chi connectivity index (χ1) is 12.2. The summed E-state index contributed by atoms with van der Waals surface area (Å²) in [5.41, 5.74) is 2.23. The quantitative estimate of drug-likeness (QED) is 0.599. The van der Waals surface area contributed by atoms with Crippen LogP contribution in [0.1, 0.15) is 11.1 Å². The van der Waals surface area contributed by atoms with E-state index in [4.69, 9.17) is 0 Å². The number of benzene rings is 2. The van der Waals surface area contributed by atoms with Gasteiger partial charge in [-0.2, -0.15) is 0 Å². The molecule has 3 rings (SSSR count). The Morgan fingerprint density at radius 2 is 1.56 bits per heavy atom. The van der Waals surface area contributed by atoms with E-state index < -0.39 is 0 Å². The molecule has 0 bridgehead atoms. The van der Waals surface area contributed by atoms with Crippen molar-refractivity contribution in [2.45, 2.75) is 6.54 Å². The monoisotopic (exact) mass is 337 g/mol. The summed E-state index contributed by atoms with van der Waals surface area (Å²) < 4.78 is 0. The molecule has 0 N–H and O–H groups in total. The van der Waals surface area contributed by atoms with Crippen molar-refractivity contribution >= 4 is 11.8 Å². The third kappa shape index (κ3) is 4.98. The van der Waals surface area contributed by atoms with Crippen molar-refractivity contribution < 1.29 is 4.92 Å². The van der Waals surface area contributed by atoms with E-state index in [9.17, 15) is 10.1 Å². The Bertz CT molecular complexity index is 723. The standard InChI is InChI=1S/C20H23N3O2/c24-23(25)20-11-5-4-10-19(20)17-22-15-13-21(14-16-22)12-6-9-18-7-2-1-3-8-18/h1-11H,12-17H2/b9-6+. The Balaban J connectivity index is 1.48. The van der Waals surface area contributed by atoms with E-state index in [-0.39, 0.29) is 10.6 Å². The Labute approximate surface area is 148 Å². The summed E-state index contributed by atoms with van der Waals surface area (Å²) in [4.78, 5) is 15.5. The Kier molecular flexibility index (Phi) is 5.93. The largest absolute Gasteiger partial charge is 0.297 e. The third-order valence-corrected chi connectivity index (χ3v) is 4.52. The first-order valence-corrected chi connectivity index (χ1v) is 8.61. The number of hydrogen-bond donors (Lipinski definition) is 0. The van der Waals surface area contributed by atoms with Crippen molar-refractivity contribution in [2.24, 2.45) is 0 Å². The number of hydrogen-bond acceptors (Lipinski definition) is 4. The highest BCUT2D eigenvalue weighted by Gasteiger charge is 2.19. The lowest BCUT2D eigenvalue weighted by atomic mass is 10.1. The molecule has 0 spiro atoms. The predicted octanol–water partition coefficient (Wildman–Crippen LogP) is 3.43. The Hall–Kier alpha value is -2.50. The molecule has 1 aliphatic heterocycles. The van der Waals surface area contributed by atoms with Crippen molar-refractivity contribution in [3.8, 4) is 0 Å². The number of nitro groups is 1. The molecule has 25 heavy (non-hydrogen) atoms. The second-order valence-corrected chi connectivity index (χ2v) is 6.28. The first-order valence-electron chi connectivity index (χ1n) is 8.61. The van der Waals surface area contributed by atoms with Crippen LogP contribution in [-0.4, -0.2) is 47.4 Å². The van der Waals surface area contributed by atoms with Gasteiger partial charge in [0.1, 0.15) is 0 Å². The number of nitro benzene ring substituents is 1. The molecule has 130 valence electrons. The average molecular weight is 337 g/mol. The van der Waals surface area contributed by atoms with Crippen LogP contribution in [0.5, 0.6) is 0 Å². The summed E-state index contributed by atoms with van der Waals surface area (Å²) in [5.74, 6) is 0. The molecule has 0 atom stereocenters. The summed E-state index contributed by atoms with van der Waals surface area (Å²) in [6.07, 6.45) is 4.35. The van der Waals surface area contributed by atoms with Gasteiger partial charge in [-0.15, -0.1) is 0 Å². The minimum absolute atomic E-state index is 0.218. The van der Waals surface area contributed by atoms with Crippen LogP contribution in [0.15, 0.2) is 60.7 Å². The molecule has 0 radical (unpaired) electrons. The molecule has 1 aliphatic rings. The first kappa shape index (κ1) is 17.3. The van der Waals surface area contributed by atoms with Gasteiger partial charge in [-0.1, -0.05) is 60.7 Å². The molecule has 0 unspecified atom stereocenters. The van der Waals surface area contributed by atoms with Crippen molar-refractivity contribution in [3.05, 3.63) is 81.9 Å². The van der Waals surface area contributed by atoms with Gasteiger partial charge in [-0.3, -0.25) is 19.9 Å². The van der Waals surface area contributed by atoms with E-state index >= 15 is 0 Å². The van der Waals surface area contributed by atoms with Crippen LogP contribution in [0.3, 0.4) is 0 Å². The van der Waals surface area contributed by atoms with Crippen molar-refractivity contribution in [1.29, 1.82) is 0 Å². The van der Waals surface area contributed by atoms with Crippen LogP contribution < -0.4 is 0 Å². The highest BCUT2D eigenvalue weighted by atomic mass is 16.6. The Morgan fingerprint density at radius 3 is 2.28 bits per heavy atom. The van der Waals surface area contributed by atoms with Gasteiger partial charge < -0.3 is 0 Å². The summed E-state index contributed by atoms with van der Waals surface area (Å²) in [6.45, 7) is 5.43. The molecule has 0 amide bonds. The zero-order chi connectivity index (χ0) is 17.5. The highest BCUT2D eigenvalue weighted by Crippen LogP contribution is 2.20. The SMILES string of the molecule is O=[N+]([O-])c1ccccc1CN1CCN(C/C=C/c2ccccc2)CC1. The second kappa shape index (κ2) is 8.55. The minimum Gasteiger partial charge on any atom is -0.297 e. The fourth-order valence-corrected chi connectivity index (χ4v) is 3.10. The van der Waals surface area contributed by atoms with E-state index in [1.165, 1.54) is 5.56 Å². The molecule has 0 aromatic heterocycles. The molecule has 0 saturated carbocycles. The fraction of sp³-hybridized carbons (Fsp3) is 0.300.